The van der Waals surface area contributed by atoms with Crippen molar-refractivity contribution in [2.45, 2.75) is 19.9 Å². The smallest absolute Gasteiger partial charge is 0.317 e. The van der Waals surface area contributed by atoms with Gasteiger partial charge in [0.1, 0.15) is 5.82 Å². The highest BCUT2D eigenvalue weighted by atomic mass is 19.1. The minimum Gasteiger partial charge on any atom is -0.480 e. The van der Waals surface area contributed by atoms with Crippen LogP contribution >= 0.6 is 0 Å². The van der Waals surface area contributed by atoms with Crippen LogP contribution in [0.3, 0.4) is 0 Å². The average Bonchev–Trinajstić information content (AvgIpc) is 2.38. The van der Waals surface area contributed by atoms with Gasteiger partial charge in [0, 0.05) is 6.54 Å². The molecule has 0 saturated heterocycles. The van der Waals surface area contributed by atoms with Gasteiger partial charge < -0.3 is 10.0 Å². The summed E-state index contributed by atoms with van der Waals surface area (Å²) >= 11 is 0. The Hall–Kier alpha value is -1.95. The Morgan fingerprint density at radius 1 is 1.24 bits per heavy atom. The van der Waals surface area contributed by atoms with E-state index in [0.29, 0.717) is 6.54 Å². The SMILES string of the molecule is CCN(C(=O)CN(C)CC(=O)O)C(C)c1ccc(F)cc1. The van der Waals surface area contributed by atoms with Crippen molar-refractivity contribution in [3.8, 4) is 0 Å². The Morgan fingerprint density at radius 2 is 1.81 bits per heavy atom. The average molecular weight is 296 g/mol. The Balaban J connectivity index is 2.74. The normalized spacial score (nSPS) is 12.2. The van der Waals surface area contributed by atoms with Crippen LogP contribution in [0.25, 0.3) is 0 Å². The molecular weight excluding hydrogens is 275 g/mol. The molecule has 0 aromatic heterocycles. The molecule has 0 aliphatic heterocycles. The van der Waals surface area contributed by atoms with Crippen molar-refractivity contribution in [1.29, 1.82) is 0 Å². The molecule has 0 spiro atoms. The van der Waals surface area contributed by atoms with E-state index in [1.807, 2.05) is 13.8 Å². The molecule has 0 heterocycles. The molecule has 21 heavy (non-hydrogen) atoms. The quantitative estimate of drug-likeness (QED) is 0.833. The third kappa shape index (κ3) is 5.15. The maximum absolute atomic E-state index is 12.9. The lowest BCUT2D eigenvalue weighted by Crippen LogP contribution is -2.41. The van der Waals surface area contributed by atoms with Gasteiger partial charge in [0.2, 0.25) is 5.91 Å². The van der Waals surface area contributed by atoms with E-state index in [1.165, 1.54) is 17.0 Å². The van der Waals surface area contributed by atoms with Crippen molar-refractivity contribution in [3.05, 3.63) is 35.6 Å². The molecule has 0 radical (unpaired) electrons. The van der Waals surface area contributed by atoms with Crippen LogP contribution < -0.4 is 0 Å². The van der Waals surface area contributed by atoms with Crippen molar-refractivity contribution in [3.63, 3.8) is 0 Å². The van der Waals surface area contributed by atoms with Crippen LogP contribution in [0.5, 0.6) is 0 Å². The lowest BCUT2D eigenvalue weighted by atomic mass is 10.1. The minimum absolute atomic E-state index is 0.0334. The van der Waals surface area contributed by atoms with Gasteiger partial charge in [-0.1, -0.05) is 12.1 Å². The molecule has 0 fully saturated rings. The molecule has 1 amide bonds. The van der Waals surface area contributed by atoms with Crippen LogP contribution in [0.1, 0.15) is 25.5 Å². The molecule has 0 aliphatic carbocycles. The van der Waals surface area contributed by atoms with Crippen LogP contribution in [-0.4, -0.2) is 53.5 Å². The zero-order chi connectivity index (χ0) is 16.0. The number of amides is 1. The molecule has 0 bridgehead atoms. The summed E-state index contributed by atoms with van der Waals surface area (Å²) in [5, 5.41) is 8.70. The number of aliphatic carboxylic acids is 1. The standard InChI is InChI=1S/C15H21FN2O3/c1-4-18(14(19)9-17(3)10-15(20)21)11(2)12-5-7-13(16)8-6-12/h5-8,11H,4,9-10H2,1-3H3,(H,20,21). The second-order valence-corrected chi connectivity index (χ2v) is 4.97. The Kier molecular flexibility index (Phi) is 6.30. The fourth-order valence-electron chi connectivity index (χ4n) is 2.20. The van der Waals surface area contributed by atoms with Crippen molar-refractivity contribution < 1.29 is 19.1 Å². The number of carbonyl (C=O) groups excluding carboxylic acids is 1. The molecule has 1 atom stereocenters. The summed E-state index contributed by atoms with van der Waals surface area (Å²) in [6, 6.07) is 5.83. The molecule has 1 unspecified atom stereocenters. The predicted octanol–water partition coefficient (Wildman–Crippen LogP) is 1.75. The number of benzene rings is 1. The van der Waals surface area contributed by atoms with Crippen molar-refractivity contribution >= 4 is 11.9 Å². The number of carbonyl (C=O) groups is 2. The summed E-state index contributed by atoms with van der Waals surface area (Å²) in [6.45, 7) is 4.07. The topological polar surface area (TPSA) is 60.9 Å². The lowest BCUT2D eigenvalue weighted by molar-refractivity contribution is -0.139. The molecule has 116 valence electrons. The Labute approximate surface area is 124 Å². The number of hydrogen-bond acceptors (Lipinski definition) is 3. The van der Waals surface area contributed by atoms with E-state index >= 15 is 0 Å². The fourth-order valence-corrected chi connectivity index (χ4v) is 2.20. The molecule has 5 nitrogen and oxygen atoms in total. The molecule has 0 aliphatic rings. The van der Waals surface area contributed by atoms with Gasteiger partial charge in [-0.2, -0.15) is 0 Å². The fraction of sp³-hybridized carbons (Fsp3) is 0.467. The summed E-state index contributed by atoms with van der Waals surface area (Å²) in [5.74, 6) is -1.44. The highest BCUT2D eigenvalue weighted by Gasteiger charge is 2.21. The maximum Gasteiger partial charge on any atom is 0.317 e. The van der Waals surface area contributed by atoms with Gasteiger partial charge in [-0.05, 0) is 38.6 Å². The van der Waals surface area contributed by atoms with E-state index in [2.05, 4.69) is 0 Å². The highest BCUT2D eigenvalue weighted by molar-refractivity contribution is 5.79. The number of rotatable bonds is 7. The lowest BCUT2D eigenvalue weighted by Gasteiger charge is -2.30. The second kappa shape index (κ2) is 7.73. The van der Waals surface area contributed by atoms with Gasteiger partial charge in [-0.3, -0.25) is 14.5 Å². The van der Waals surface area contributed by atoms with E-state index in [4.69, 9.17) is 5.11 Å². The van der Waals surface area contributed by atoms with Crippen molar-refractivity contribution in [2.24, 2.45) is 0 Å². The van der Waals surface area contributed by atoms with Gasteiger partial charge in [-0.25, -0.2) is 4.39 Å². The summed E-state index contributed by atoms with van der Waals surface area (Å²) < 4.78 is 12.9. The number of carboxylic acids is 1. The van der Waals surface area contributed by atoms with E-state index in [-0.39, 0.29) is 30.9 Å². The first-order chi connectivity index (χ1) is 9.85. The Bertz CT molecular complexity index is 490. The predicted molar refractivity (Wildman–Crippen MR) is 77.3 cm³/mol. The number of carboxylic acid groups (broad SMARTS) is 1. The number of hydrogen-bond donors (Lipinski definition) is 1. The summed E-state index contributed by atoms with van der Waals surface area (Å²) in [4.78, 5) is 26.0. The zero-order valence-corrected chi connectivity index (χ0v) is 12.5. The summed E-state index contributed by atoms with van der Waals surface area (Å²) in [5.41, 5.74) is 0.840. The van der Waals surface area contributed by atoms with Gasteiger partial charge >= 0.3 is 5.97 Å². The molecule has 1 rings (SSSR count). The third-order valence-corrected chi connectivity index (χ3v) is 3.29. The van der Waals surface area contributed by atoms with Crippen molar-refractivity contribution in [1.82, 2.24) is 9.80 Å². The van der Waals surface area contributed by atoms with Gasteiger partial charge in [0.05, 0.1) is 19.1 Å². The van der Waals surface area contributed by atoms with Gasteiger partial charge in [0.25, 0.3) is 0 Å². The van der Waals surface area contributed by atoms with E-state index in [9.17, 15) is 14.0 Å². The maximum atomic E-state index is 12.9. The third-order valence-electron chi connectivity index (χ3n) is 3.29. The summed E-state index contributed by atoms with van der Waals surface area (Å²) in [6.07, 6.45) is 0. The number of halogens is 1. The molecule has 1 aromatic carbocycles. The summed E-state index contributed by atoms with van der Waals surface area (Å²) in [7, 11) is 1.59. The van der Waals surface area contributed by atoms with E-state index < -0.39 is 5.97 Å². The van der Waals surface area contributed by atoms with E-state index in [1.54, 1.807) is 24.1 Å². The van der Waals surface area contributed by atoms with Crippen LogP contribution in [0.4, 0.5) is 4.39 Å². The highest BCUT2D eigenvalue weighted by Crippen LogP contribution is 2.20. The van der Waals surface area contributed by atoms with Crippen molar-refractivity contribution in [2.75, 3.05) is 26.7 Å². The molecule has 0 saturated carbocycles. The zero-order valence-electron chi connectivity index (χ0n) is 12.5. The molecule has 6 heteroatoms. The Morgan fingerprint density at radius 3 is 2.29 bits per heavy atom. The molecule has 1 N–H and O–H groups in total. The van der Waals surface area contributed by atoms with Gasteiger partial charge in [0.15, 0.2) is 0 Å². The van der Waals surface area contributed by atoms with Crippen LogP contribution in [-0.2, 0) is 9.59 Å². The van der Waals surface area contributed by atoms with Crippen LogP contribution in [0, 0.1) is 5.82 Å². The molecular formula is C15H21FN2O3. The largest absolute Gasteiger partial charge is 0.480 e. The first kappa shape index (κ1) is 17.1. The van der Waals surface area contributed by atoms with Crippen LogP contribution in [0.2, 0.25) is 0 Å². The minimum atomic E-state index is -0.972. The van der Waals surface area contributed by atoms with Gasteiger partial charge in [-0.15, -0.1) is 0 Å². The van der Waals surface area contributed by atoms with Crippen LogP contribution in [0.15, 0.2) is 24.3 Å². The molecule has 1 aromatic rings. The van der Waals surface area contributed by atoms with E-state index in [0.717, 1.165) is 5.56 Å². The number of nitrogens with zero attached hydrogens (tertiary/aromatic N) is 2. The monoisotopic (exact) mass is 296 g/mol. The number of likely N-dealkylation sites (N-methyl/N-ethyl adjacent to an activating group) is 2. The first-order valence-electron chi connectivity index (χ1n) is 6.80. The second-order valence-electron chi connectivity index (χ2n) is 4.97. The first-order valence-corrected chi connectivity index (χ1v) is 6.80.